The molecular weight excluding hydrogens is 294 g/mol. The monoisotopic (exact) mass is 311 g/mol. The Labute approximate surface area is 116 Å². The van der Waals surface area contributed by atoms with Crippen molar-refractivity contribution < 1.29 is 9.90 Å². The van der Waals surface area contributed by atoms with Crippen LogP contribution in [0.3, 0.4) is 0 Å². The molecule has 18 heavy (non-hydrogen) atoms. The van der Waals surface area contributed by atoms with Crippen molar-refractivity contribution in [2.45, 2.75) is 38.6 Å². The summed E-state index contributed by atoms with van der Waals surface area (Å²) in [7, 11) is 0. The van der Waals surface area contributed by atoms with E-state index in [1.165, 1.54) is 25.7 Å². The molecule has 1 N–H and O–H groups in total. The second-order valence-corrected chi connectivity index (χ2v) is 5.72. The summed E-state index contributed by atoms with van der Waals surface area (Å²) in [6.07, 6.45) is 4.99. The maximum Gasteiger partial charge on any atom is 0.336 e. The lowest BCUT2D eigenvalue weighted by Gasteiger charge is -2.29. The van der Waals surface area contributed by atoms with E-state index >= 15 is 0 Å². The zero-order valence-electron chi connectivity index (χ0n) is 10.5. The fraction of sp³-hybridized carbons (Fsp3) is 0.500. The smallest absolute Gasteiger partial charge is 0.336 e. The Hall–Kier alpha value is -1.03. The average Bonchev–Trinajstić information content (AvgIpc) is 2.53. The standard InChI is InChI=1S/C14H18BrNO2/c1-10-5-3-2-4-8-16(10)11-6-7-12(14(17)18)13(15)9-11/h6-7,9-10H,2-5,8H2,1H3,(H,17,18). The van der Waals surface area contributed by atoms with Gasteiger partial charge in [0, 0.05) is 22.7 Å². The lowest BCUT2D eigenvalue weighted by molar-refractivity contribution is 0.0696. The van der Waals surface area contributed by atoms with Crippen LogP contribution in [0.2, 0.25) is 0 Å². The van der Waals surface area contributed by atoms with E-state index in [4.69, 9.17) is 5.11 Å². The molecule has 1 aliphatic rings. The highest BCUT2D eigenvalue weighted by Crippen LogP contribution is 2.28. The molecule has 0 saturated carbocycles. The molecule has 0 aromatic heterocycles. The molecule has 4 heteroatoms. The molecule has 98 valence electrons. The molecule has 2 rings (SSSR count). The predicted molar refractivity (Wildman–Crippen MR) is 76.4 cm³/mol. The van der Waals surface area contributed by atoms with E-state index in [2.05, 4.69) is 27.8 Å². The van der Waals surface area contributed by atoms with E-state index in [0.29, 0.717) is 16.1 Å². The van der Waals surface area contributed by atoms with Crippen LogP contribution in [-0.2, 0) is 0 Å². The number of benzene rings is 1. The molecule has 1 aromatic rings. The van der Waals surface area contributed by atoms with Crippen LogP contribution >= 0.6 is 15.9 Å². The van der Waals surface area contributed by atoms with Crippen molar-refractivity contribution in [2.24, 2.45) is 0 Å². The second-order valence-electron chi connectivity index (χ2n) is 4.86. The van der Waals surface area contributed by atoms with Gasteiger partial charge in [0.2, 0.25) is 0 Å². The lowest BCUT2D eigenvalue weighted by atomic mass is 10.1. The third kappa shape index (κ3) is 2.86. The summed E-state index contributed by atoms with van der Waals surface area (Å²) in [4.78, 5) is 13.4. The number of hydrogen-bond acceptors (Lipinski definition) is 2. The van der Waals surface area contributed by atoms with Crippen LogP contribution in [0.5, 0.6) is 0 Å². The van der Waals surface area contributed by atoms with Crippen molar-refractivity contribution >= 4 is 27.6 Å². The van der Waals surface area contributed by atoms with Crippen LogP contribution in [0.15, 0.2) is 22.7 Å². The molecular formula is C14H18BrNO2. The van der Waals surface area contributed by atoms with Gasteiger partial charge in [-0.15, -0.1) is 0 Å². The molecule has 1 heterocycles. The zero-order chi connectivity index (χ0) is 13.1. The number of halogens is 1. The molecule has 0 amide bonds. The molecule has 1 atom stereocenters. The van der Waals surface area contributed by atoms with Gasteiger partial charge >= 0.3 is 5.97 Å². The lowest BCUT2D eigenvalue weighted by Crippen LogP contribution is -2.32. The number of hydrogen-bond donors (Lipinski definition) is 1. The van der Waals surface area contributed by atoms with E-state index in [9.17, 15) is 4.79 Å². The van der Waals surface area contributed by atoms with Gasteiger partial charge < -0.3 is 10.0 Å². The van der Waals surface area contributed by atoms with Crippen LogP contribution < -0.4 is 4.90 Å². The van der Waals surface area contributed by atoms with Gasteiger partial charge in [0.15, 0.2) is 0 Å². The minimum Gasteiger partial charge on any atom is -0.478 e. The third-order valence-electron chi connectivity index (χ3n) is 3.57. The number of aromatic carboxylic acids is 1. The molecule has 1 fully saturated rings. The van der Waals surface area contributed by atoms with E-state index < -0.39 is 5.97 Å². The molecule has 1 unspecified atom stereocenters. The fourth-order valence-electron chi connectivity index (χ4n) is 2.51. The summed E-state index contributed by atoms with van der Waals surface area (Å²) in [5, 5.41) is 9.02. The second kappa shape index (κ2) is 5.74. The van der Waals surface area contributed by atoms with Crippen LogP contribution in [0.4, 0.5) is 5.69 Å². The third-order valence-corrected chi connectivity index (χ3v) is 4.22. The van der Waals surface area contributed by atoms with Crippen molar-refractivity contribution in [3.63, 3.8) is 0 Å². The first-order chi connectivity index (χ1) is 8.59. The van der Waals surface area contributed by atoms with Crippen molar-refractivity contribution in [1.82, 2.24) is 0 Å². The van der Waals surface area contributed by atoms with E-state index in [0.717, 1.165) is 12.2 Å². The minimum absolute atomic E-state index is 0.321. The topological polar surface area (TPSA) is 40.5 Å². The normalized spacial score (nSPS) is 20.6. The number of carboxylic acid groups (broad SMARTS) is 1. The van der Waals surface area contributed by atoms with Crippen molar-refractivity contribution in [2.75, 3.05) is 11.4 Å². The molecule has 1 aliphatic heterocycles. The van der Waals surface area contributed by atoms with Gasteiger partial charge in [-0.05, 0) is 53.9 Å². The van der Waals surface area contributed by atoms with Crippen LogP contribution in [0.25, 0.3) is 0 Å². The van der Waals surface area contributed by atoms with Crippen LogP contribution in [0, 0.1) is 0 Å². The summed E-state index contributed by atoms with van der Waals surface area (Å²) in [5.41, 5.74) is 1.43. The molecule has 0 radical (unpaired) electrons. The fourth-order valence-corrected chi connectivity index (χ4v) is 3.05. The maximum atomic E-state index is 11.0. The highest BCUT2D eigenvalue weighted by Gasteiger charge is 2.18. The first-order valence-corrected chi connectivity index (χ1v) is 7.18. The molecule has 0 aliphatic carbocycles. The Morgan fingerprint density at radius 2 is 2.17 bits per heavy atom. The summed E-state index contributed by atoms with van der Waals surface area (Å²) in [6, 6.07) is 6.04. The number of carboxylic acids is 1. The molecule has 3 nitrogen and oxygen atoms in total. The Bertz CT molecular complexity index is 447. The first kappa shape index (κ1) is 13.4. The number of rotatable bonds is 2. The van der Waals surface area contributed by atoms with Crippen molar-refractivity contribution in [1.29, 1.82) is 0 Å². The highest BCUT2D eigenvalue weighted by molar-refractivity contribution is 9.10. The van der Waals surface area contributed by atoms with E-state index in [1.807, 2.05) is 12.1 Å². The Morgan fingerprint density at radius 3 is 2.83 bits per heavy atom. The van der Waals surface area contributed by atoms with Crippen LogP contribution in [-0.4, -0.2) is 23.7 Å². The quantitative estimate of drug-likeness (QED) is 0.900. The van der Waals surface area contributed by atoms with Crippen LogP contribution in [0.1, 0.15) is 43.0 Å². The first-order valence-electron chi connectivity index (χ1n) is 6.39. The molecule has 0 spiro atoms. The van der Waals surface area contributed by atoms with Gasteiger partial charge in [-0.3, -0.25) is 0 Å². The molecule has 1 saturated heterocycles. The Balaban J connectivity index is 2.27. The van der Waals surface area contributed by atoms with Gasteiger partial charge in [0.05, 0.1) is 5.56 Å². The summed E-state index contributed by atoms with van der Waals surface area (Å²) in [5.74, 6) is -0.891. The Morgan fingerprint density at radius 1 is 1.39 bits per heavy atom. The van der Waals surface area contributed by atoms with Gasteiger partial charge in [-0.2, -0.15) is 0 Å². The largest absolute Gasteiger partial charge is 0.478 e. The number of anilines is 1. The van der Waals surface area contributed by atoms with E-state index in [1.54, 1.807) is 6.07 Å². The Kier molecular flexibility index (Phi) is 4.27. The van der Waals surface area contributed by atoms with Gasteiger partial charge in [0.1, 0.15) is 0 Å². The van der Waals surface area contributed by atoms with Gasteiger partial charge in [-0.25, -0.2) is 4.79 Å². The predicted octanol–water partition coefficient (Wildman–Crippen LogP) is 3.92. The number of nitrogens with zero attached hydrogens (tertiary/aromatic N) is 1. The minimum atomic E-state index is -0.891. The number of carbonyl (C=O) groups is 1. The zero-order valence-corrected chi connectivity index (χ0v) is 12.1. The van der Waals surface area contributed by atoms with Gasteiger partial charge in [-0.1, -0.05) is 12.8 Å². The summed E-state index contributed by atoms with van der Waals surface area (Å²) >= 11 is 3.35. The highest BCUT2D eigenvalue weighted by atomic mass is 79.9. The summed E-state index contributed by atoms with van der Waals surface area (Å²) in [6.45, 7) is 3.30. The van der Waals surface area contributed by atoms with Crippen molar-refractivity contribution in [3.8, 4) is 0 Å². The summed E-state index contributed by atoms with van der Waals surface area (Å²) < 4.78 is 0.656. The molecule has 1 aromatic carbocycles. The average molecular weight is 312 g/mol. The SMILES string of the molecule is CC1CCCCCN1c1ccc(C(=O)O)c(Br)c1. The van der Waals surface area contributed by atoms with Gasteiger partial charge in [0.25, 0.3) is 0 Å². The van der Waals surface area contributed by atoms with E-state index in [-0.39, 0.29) is 0 Å². The maximum absolute atomic E-state index is 11.0. The van der Waals surface area contributed by atoms with Crippen molar-refractivity contribution in [3.05, 3.63) is 28.2 Å². The molecule has 0 bridgehead atoms.